The highest BCUT2D eigenvalue weighted by atomic mass is 19.4. The molecule has 170 valence electrons. The Morgan fingerprint density at radius 3 is 2.78 bits per heavy atom. The number of Topliss-reactive ketones (excluding diaryl/α,β-unsaturated/α-hetero) is 1. The lowest BCUT2D eigenvalue weighted by molar-refractivity contribution is -0.137. The summed E-state index contributed by atoms with van der Waals surface area (Å²) in [5, 5.41) is 10.1. The number of halogens is 3. The highest BCUT2D eigenvalue weighted by Crippen LogP contribution is 2.34. The molecular formula is C21H22F3N5O3. The number of alkyl halides is 3. The first-order chi connectivity index (χ1) is 15.1. The molecule has 1 fully saturated rings. The fraction of sp³-hybridized carbons (Fsp3) is 0.381. The Labute approximate surface area is 181 Å². The number of rotatable bonds is 4. The summed E-state index contributed by atoms with van der Waals surface area (Å²) in [6, 6.07) is 2.08. The van der Waals surface area contributed by atoms with E-state index >= 15 is 0 Å². The first-order valence-electron chi connectivity index (χ1n) is 9.96. The number of hydrogen-bond donors (Lipinski definition) is 3. The number of aromatic nitrogens is 2. The van der Waals surface area contributed by atoms with Gasteiger partial charge in [-0.25, -0.2) is 0 Å². The minimum absolute atomic E-state index is 0.0253. The third-order valence-electron chi connectivity index (χ3n) is 5.69. The zero-order chi connectivity index (χ0) is 23.2. The second kappa shape index (κ2) is 8.06. The van der Waals surface area contributed by atoms with Crippen LogP contribution in [0.4, 0.5) is 24.7 Å². The number of furan rings is 1. The van der Waals surface area contributed by atoms with Crippen molar-refractivity contribution in [1.29, 1.82) is 0 Å². The number of carbonyl (C=O) groups is 1. The molecule has 1 aliphatic rings. The Kier molecular flexibility index (Phi) is 5.55. The molecule has 8 nitrogen and oxygen atoms in total. The van der Waals surface area contributed by atoms with Crippen LogP contribution >= 0.6 is 0 Å². The zero-order valence-corrected chi connectivity index (χ0v) is 17.1. The number of nitrogen functional groups attached to an aromatic ring is 1. The van der Waals surface area contributed by atoms with E-state index in [1.807, 2.05) is 11.8 Å². The van der Waals surface area contributed by atoms with Crippen molar-refractivity contribution in [3.05, 3.63) is 47.4 Å². The van der Waals surface area contributed by atoms with Crippen LogP contribution in [0.3, 0.4) is 0 Å². The number of pyridine rings is 2. The monoisotopic (exact) mass is 449 g/mol. The number of ketones is 1. The van der Waals surface area contributed by atoms with E-state index in [0.717, 1.165) is 11.8 Å². The number of hydrogen-bond acceptors (Lipinski definition) is 8. The smallest absolute Gasteiger partial charge is 0.418 e. The van der Waals surface area contributed by atoms with Gasteiger partial charge in [0, 0.05) is 61.3 Å². The van der Waals surface area contributed by atoms with Gasteiger partial charge >= 0.3 is 6.18 Å². The van der Waals surface area contributed by atoms with Crippen LogP contribution < -0.4 is 16.4 Å². The molecular weight excluding hydrogens is 427 g/mol. The second-order valence-electron chi connectivity index (χ2n) is 8.05. The quantitative estimate of drug-likeness (QED) is 0.518. The van der Waals surface area contributed by atoms with E-state index in [9.17, 15) is 23.1 Å². The van der Waals surface area contributed by atoms with Gasteiger partial charge in [-0.1, -0.05) is 6.92 Å². The fourth-order valence-electron chi connectivity index (χ4n) is 4.06. The van der Waals surface area contributed by atoms with Gasteiger partial charge < -0.3 is 25.9 Å². The first-order valence-corrected chi connectivity index (χ1v) is 9.96. The van der Waals surface area contributed by atoms with Crippen LogP contribution in [0.25, 0.3) is 11.1 Å². The van der Waals surface area contributed by atoms with E-state index in [2.05, 4.69) is 9.97 Å². The molecule has 5 N–H and O–H groups in total. The average molecular weight is 449 g/mol. The van der Waals surface area contributed by atoms with Crippen LogP contribution in [0, 0.1) is 5.92 Å². The van der Waals surface area contributed by atoms with Crippen molar-refractivity contribution in [3.63, 3.8) is 0 Å². The van der Waals surface area contributed by atoms with Gasteiger partial charge in [-0.3, -0.25) is 14.8 Å². The maximum Gasteiger partial charge on any atom is 0.418 e. The van der Waals surface area contributed by atoms with Crippen molar-refractivity contribution in [1.82, 2.24) is 9.97 Å². The number of nitrogens with two attached hydrogens (primary N) is 2. The summed E-state index contributed by atoms with van der Waals surface area (Å²) in [6.45, 7) is 2.83. The number of anilines is 2. The van der Waals surface area contributed by atoms with Gasteiger partial charge in [-0.15, -0.1) is 0 Å². The van der Waals surface area contributed by atoms with Gasteiger partial charge in [-0.2, -0.15) is 13.2 Å². The lowest BCUT2D eigenvalue weighted by Crippen LogP contribution is -2.55. The molecule has 4 heterocycles. The van der Waals surface area contributed by atoms with Crippen molar-refractivity contribution in [2.24, 2.45) is 11.7 Å². The first kappa shape index (κ1) is 22.0. The van der Waals surface area contributed by atoms with Crippen molar-refractivity contribution in [3.8, 4) is 0 Å². The molecule has 1 saturated heterocycles. The summed E-state index contributed by atoms with van der Waals surface area (Å²) in [5.41, 5.74) is 11.9. The van der Waals surface area contributed by atoms with E-state index in [4.69, 9.17) is 15.9 Å². The largest absolute Gasteiger partial charge is 0.438 e. The van der Waals surface area contributed by atoms with Crippen LogP contribution in [0.2, 0.25) is 0 Å². The van der Waals surface area contributed by atoms with Crippen molar-refractivity contribution < 1.29 is 27.5 Å². The number of fused-ring (bicyclic) bond motifs is 1. The van der Waals surface area contributed by atoms with E-state index in [1.54, 1.807) is 18.5 Å². The summed E-state index contributed by atoms with van der Waals surface area (Å²) in [7, 11) is 0. The molecule has 0 saturated carbocycles. The standard InChI is InChI=1S/C21H22F3N5O3/c1-10-8-29(9-13(25)19(10)31)14-2-3-27-6-11(14)4-15(30)17-18-16(32-20(17)26)5-12(7-28-18)21(22,23)24/h2-3,5-7,10,13,19,31H,4,8-9,25-26H2,1H3/t10-,13+,19+/m0/s1. The van der Waals surface area contributed by atoms with E-state index < -0.39 is 29.7 Å². The molecule has 1 aliphatic heterocycles. The Hall–Kier alpha value is -3.18. The zero-order valence-electron chi connectivity index (χ0n) is 17.1. The third kappa shape index (κ3) is 4.00. The Balaban J connectivity index is 1.64. The third-order valence-corrected chi connectivity index (χ3v) is 5.69. The Bertz CT molecular complexity index is 1150. The number of piperidine rings is 1. The maximum absolute atomic E-state index is 13.1. The van der Waals surface area contributed by atoms with Crippen molar-refractivity contribution in [2.45, 2.75) is 31.7 Å². The lowest BCUT2D eigenvalue weighted by Gasteiger charge is -2.40. The predicted molar refractivity (Wildman–Crippen MR) is 111 cm³/mol. The Morgan fingerprint density at radius 2 is 2.09 bits per heavy atom. The van der Waals surface area contributed by atoms with Crippen LogP contribution in [0.1, 0.15) is 28.4 Å². The van der Waals surface area contributed by atoms with E-state index in [1.165, 1.54) is 0 Å². The average Bonchev–Trinajstić information content (AvgIpc) is 3.06. The second-order valence-corrected chi connectivity index (χ2v) is 8.05. The lowest BCUT2D eigenvalue weighted by atomic mass is 9.92. The van der Waals surface area contributed by atoms with Gasteiger partial charge in [0.15, 0.2) is 11.4 Å². The van der Waals surface area contributed by atoms with Gasteiger partial charge in [0.2, 0.25) is 5.88 Å². The van der Waals surface area contributed by atoms with Crippen LogP contribution in [0.5, 0.6) is 0 Å². The molecule has 4 rings (SSSR count). The number of carbonyl (C=O) groups excluding carboxylic acids is 1. The van der Waals surface area contributed by atoms with Gasteiger partial charge in [0.1, 0.15) is 11.1 Å². The molecule has 0 bridgehead atoms. The molecule has 0 aromatic carbocycles. The van der Waals surface area contributed by atoms with Crippen molar-refractivity contribution in [2.75, 3.05) is 23.7 Å². The SMILES string of the molecule is C[C@H]1CN(c2ccncc2CC(=O)c2c(N)oc3cc(C(F)(F)F)cnc23)C[C@@H](N)[C@@H]1O. The summed E-state index contributed by atoms with van der Waals surface area (Å²) in [6.07, 6.45) is -1.56. The number of nitrogens with zero attached hydrogens (tertiary/aromatic N) is 3. The number of aliphatic hydroxyl groups is 1. The molecule has 0 amide bonds. The summed E-state index contributed by atoms with van der Waals surface area (Å²) in [4.78, 5) is 23.0. The number of aliphatic hydroxyl groups excluding tert-OH is 1. The van der Waals surface area contributed by atoms with Crippen LogP contribution in [0.15, 0.2) is 35.1 Å². The maximum atomic E-state index is 13.1. The molecule has 3 aromatic heterocycles. The molecule has 0 radical (unpaired) electrons. The topological polar surface area (TPSA) is 132 Å². The summed E-state index contributed by atoms with van der Waals surface area (Å²) in [5.74, 6) is -0.827. The van der Waals surface area contributed by atoms with E-state index in [0.29, 0.717) is 24.8 Å². The fourth-order valence-corrected chi connectivity index (χ4v) is 4.06. The minimum atomic E-state index is -4.60. The summed E-state index contributed by atoms with van der Waals surface area (Å²) < 4.78 is 44.1. The van der Waals surface area contributed by atoms with Crippen LogP contribution in [-0.2, 0) is 12.6 Å². The van der Waals surface area contributed by atoms with Gasteiger partial charge in [-0.05, 0) is 12.1 Å². The molecule has 0 unspecified atom stereocenters. The Morgan fingerprint density at radius 1 is 1.34 bits per heavy atom. The van der Waals surface area contributed by atoms with Crippen LogP contribution in [-0.4, -0.2) is 46.1 Å². The highest BCUT2D eigenvalue weighted by Gasteiger charge is 2.34. The van der Waals surface area contributed by atoms with Gasteiger partial charge in [0.25, 0.3) is 0 Å². The molecule has 3 atom stereocenters. The molecule has 0 spiro atoms. The minimum Gasteiger partial charge on any atom is -0.438 e. The molecule has 32 heavy (non-hydrogen) atoms. The molecule has 3 aromatic rings. The predicted octanol–water partition coefficient (Wildman–Crippen LogP) is 2.39. The molecule has 11 heteroatoms. The normalized spacial score (nSPS) is 21.8. The van der Waals surface area contributed by atoms with Gasteiger partial charge in [0.05, 0.1) is 11.7 Å². The molecule has 0 aliphatic carbocycles. The summed E-state index contributed by atoms with van der Waals surface area (Å²) >= 11 is 0. The van der Waals surface area contributed by atoms with Crippen molar-refractivity contribution >= 4 is 28.5 Å². The highest BCUT2D eigenvalue weighted by molar-refractivity contribution is 6.10. The van der Waals surface area contributed by atoms with E-state index in [-0.39, 0.29) is 34.9 Å².